The number of rotatable bonds is 3. The summed E-state index contributed by atoms with van der Waals surface area (Å²) in [6.45, 7) is 10.2. The van der Waals surface area contributed by atoms with E-state index in [4.69, 9.17) is 4.74 Å². The van der Waals surface area contributed by atoms with Gasteiger partial charge in [0.25, 0.3) is 0 Å². The molecule has 0 aromatic rings. The summed E-state index contributed by atoms with van der Waals surface area (Å²) in [6, 6.07) is 0. The van der Waals surface area contributed by atoms with E-state index in [2.05, 4.69) is 26.9 Å². The molecule has 0 N–H and O–H groups in total. The number of ether oxygens (including phenoxy) is 1. The first kappa shape index (κ1) is 9.18. The summed E-state index contributed by atoms with van der Waals surface area (Å²) in [5.74, 6) is 0. The van der Waals surface area contributed by atoms with Crippen LogP contribution in [0.15, 0.2) is 0 Å². The molecule has 0 saturated heterocycles. The van der Waals surface area contributed by atoms with Gasteiger partial charge in [-0.15, -0.1) is 0 Å². The molecule has 56 valence electrons. The van der Waals surface area contributed by atoms with E-state index in [0.717, 1.165) is 6.61 Å². The average Bonchev–Trinajstić information content (AvgIpc) is 1.65. The lowest BCUT2D eigenvalue weighted by Gasteiger charge is -2.26. The molecule has 9 heavy (non-hydrogen) atoms. The Balaban J connectivity index is 3.70. The standard InChI is InChI=1S/C7H18OSi/c1-7(2,6-8-3)9(4)5/h9H,6H2,1-5H3. The number of hydrogen-bond donors (Lipinski definition) is 0. The fraction of sp³-hybridized carbons (Fsp3) is 1.00. The van der Waals surface area contributed by atoms with Crippen molar-refractivity contribution < 1.29 is 4.74 Å². The lowest BCUT2D eigenvalue weighted by atomic mass is 10.2. The van der Waals surface area contributed by atoms with Crippen molar-refractivity contribution >= 4 is 8.80 Å². The van der Waals surface area contributed by atoms with E-state index in [-0.39, 0.29) is 0 Å². The van der Waals surface area contributed by atoms with Crippen molar-refractivity contribution in [1.29, 1.82) is 0 Å². The van der Waals surface area contributed by atoms with Crippen molar-refractivity contribution in [2.45, 2.75) is 32.0 Å². The summed E-state index contributed by atoms with van der Waals surface area (Å²) in [6.07, 6.45) is 0. The Morgan fingerprint density at radius 2 is 1.78 bits per heavy atom. The van der Waals surface area contributed by atoms with Crippen molar-refractivity contribution in [2.75, 3.05) is 13.7 Å². The van der Waals surface area contributed by atoms with Gasteiger partial charge in [0.05, 0.1) is 0 Å². The maximum absolute atomic E-state index is 5.10. The van der Waals surface area contributed by atoms with E-state index in [1.165, 1.54) is 0 Å². The highest BCUT2D eigenvalue weighted by molar-refractivity contribution is 6.59. The van der Waals surface area contributed by atoms with Gasteiger partial charge >= 0.3 is 0 Å². The fourth-order valence-electron chi connectivity index (χ4n) is 0.539. The third kappa shape index (κ3) is 3.01. The first-order chi connectivity index (χ1) is 4.00. The fourth-order valence-corrected chi connectivity index (χ4v) is 1.04. The normalized spacial score (nSPS) is 12.7. The third-order valence-corrected chi connectivity index (χ3v) is 5.37. The topological polar surface area (TPSA) is 9.23 Å². The number of methoxy groups -OCH3 is 1. The first-order valence-electron chi connectivity index (χ1n) is 3.49. The molecule has 0 aliphatic rings. The van der Waals surface area contributed by atoms with E-state index in [9.17, 15) is 0 Å². The minimum atomic E-state index is -0.522. The zero-order valence-electron chi connectivity index (χ0n) is 7.19. The molecule has 0 aromatic carbocycles. The van der Waals surface area contributed by atoms with Gasteiger partial charge in [0.2, 0.25) is 0 Å². The van der Waals surface area contributed by atoms with Gasteiger partial charge in [0, 0.05) is 22.5 Å². The van der Waals surface area contributed by atoms with E-state index >= 15 is 0 Å². The van der Waals surface area contributed by atoms with Crippen molar-refractivity contribution in [2.24, 2.45) is 0 Å². The third-order valence-electron chi connectivity index (χ3n) is 2.08. The Kier molecular flexibility index (Phi) is 3.44. The predicted molar refractivity (Wildman–Crippen MR) is 44.8 cm³/mol. The summed E-state index contributed by atoms with van der Waals surface area (Å²) in [5.41, 5.74) is 0. The van der Waals surface area contributed by atoms with E-state index in [0.29, 0.717) is 5.04 Å². The van der Waals surface area contributed by atoms with Crippen molar-refractivity contribution in [3.8, 4) is 0 Å². The molecule has 0 bridgehead atoms. The van der Waals surface area contributed by atoms with Crippen molar-refractivity contribution in [1.82, 2.24) is 0 Å². The molecule has 0 rings (SSSR count). The Morgan fingerprint density at radius 3 is 1.89 bits per heavy atom. The Bertz CT molecular complexity index is 79.0. The second kappa shape index (κ2) is 3.37. The summed E-state index contributed by atoms with van der Waals surface area (Å²) in [5, 5.41) is 0.467. The van der Waals surface area contributed by atoms with Crippen LogP contribution in [0.4, 0.5) is 0 Å². The Labute approximate surface area is 60.0 Å². The van der Waals surface area contributed by atoms with Gasteiger partial charge in [-0.05, 0) is 5.04 Å². The van der Waals surface area contributed by atoms with Gasteiger partial charge in [-0.25, -0.2) is 0 Å². The Hall–Kier alpha value is 0.177. The smallest absolute Gasteiger partial charge is 0.0486 e. The molecule has 0 aliphatic heterocycles. The van der Waals surface area contributed by atoms with Crippen LogP contribution in [0.1, 0.15) is 13.8 Å². The Morgan fingerprint density at radius 1 is 1.33 bits per heavy atom. The summed E-state index contributed by atoms with van der Waals surface area (Å²) < 4.78 is 5.10. The van der Waals surface area contributed by atoms with Crippen molar-refractivity contribution in [3.63, 3.8) is 0 Å². The zero-order chi connectivity index (χ0) is 7.49. The second-order valence-corrected chi connectivity index (χ2v) is 7.45. The lowest BCUT2D eigenvalue weighted by Crippen LogP contribution is -2.25. The van der Waals surface area contributed by atoms with Crippen LogP contribution in [0.5, 0.6) is 0 Å². The maximum Gasteiger partial charge on any atom is 0.0486 e. The average molecular weight is 146 g/mol. The molecule has 0 fully saturated rings. The molecule has 1 nitrogen and oxygen atoms in total. The van der Waals surface area contributed by atoms with Gasteiger partial charge in [0.1, 0.15) is 0 Å². The molecule has 0 unspecified atom stereocenters. The van der Waals surface area contributed by atoms with Gasteiger partial charge < -0.3 is 4.74 Å². The van der Waals surface area contributed by atoms with Crippen LogP contribution >= 0.6 is 0 Å². The number of hydrogen-bond acceptors (Lipinski definition) is 1. The van der Waals surface area contributed by atoms with Gasteiger partial charge in [0.15, 0.2) is 0 Å². The molecular formula is C7H18OSi. The molecule has 0 spiro atoms. The lowest BCUT2D eigenvalue weighted by molar-refractivity contribution is 0.171. The van der Waals surface area contributed by atoms with E-state index < -0.39 is 8.80 Å². The molecule has 0 saturated carbocycles. The van der Waals surface area contributed by atoms with Crippen LogP contribution in [0.3, 0.4) is 0 Å². The molecule has 0 heterocycles. The summed E-state index contributed by atoms with van der Waals surface area (Å²) in [4.78, 5) is 0. The monoisotopic (exact) mass is 146 g/mol. The van der Waals surface area contributed by atoms with Crippen LogP contribution < -0.4 is 0 Å². The highest BCUT2D eigenvalue weighted by Gasteiger charge is 2.22. The highest BCUT2D eigenvalue weighted by atomic mass is 28.3. The van der Waals surface area contributed by atoms with Crippen LogP contribution in [-0.2, 0) is 4.74 Å². The molecule has 0 radical (unpaired) electrons. The molecule has 0 amide bonds. The van der Waals surface area contributed by atoms with Crippen LogP contribution in [0.25, 0.3) is 0 Å². The maximum atomic E-state index is 5.10. The summed E-state index contributed by atoms with van der Waals surface area (Å²) in [7, 11) is 1.25. The minimum Gasteiger partial charge on any atom is -0.384 e. The minimum absolute atomic E-state index is 0.467. The predicted octanol–water partition coefficient (Wildman–Crippen LogP) is 1.90. The molecule has 0 aliphatic carbocycles. The first-order valence-corrected chi connectivity index (χ1v) is 6.38. The van der Waals surface area contributed by atoms with Crippen LogP contribution in [0.2, 0.25) is 18.1 Å². The molecule has 0 atom stereocenters. The van der Waals surface area contributed by atoms with E-state index in [1.807, 2.05) is 0 Å². The largest absolute Gasteiger partial charge is 0.384 e. The second-order valence-electron chi connectivity index (χ2n) is 3.58. The molecule has 2 heteroatoms. The van der Waals surface area contributed by atoms with Gasteiger partial charge in [-0.2, -0.15) is 0 Å². The molecular weight excluding hydrogens is 128 g/mol. The van der Waals surface area contributed by atoms with E-state index in [1.54, 1.807) is 7.11 Å². The zero-order valence-corrected chi connectivity index (χ0v) is 8.35. The van der Waals surface area contributed by atoms with Crippen molar-refractivity contribution in [3.05, 3.63) is 0 Å². The van der Waals surface area contributed by atoms with Gasteiger partial charge in [-0.3, -0.25) is 0 Å². The van der Waals surface area contributed by atoms with Gasteiger partial charge in [-0.1, -0.05) is 26.9 Å². The van der Waals surface area contributed by atoms with Crippen LogP contribution in [0, 0.1) is 0 Å². The highest BCUT2D eigenvalue weighted by Crippen LogP contribution is 2.27. The summed E-state index contributed by atoms with van der Waals surface area (Å²) >= 11 is 0. The SMILES string of the molecule is COCC(C)(C)[SiH](C)C. The van der Waals surface area contributed by atoms with Crippen LogP contribution in [-0.4, -0.2) is 22.5 Å². The molecule has 0 aromatic heterocycles. The quantitative estimate of drug-likeness (QED) is 0.553.